The van der Waals surface area contributed by atoms with Crippen molar-refractivity contribution in [3.63, 3.8) is 0 Å². The van der Waals surface area contributed by atoms with Crippen LogP contribution in [0.25, 0.3) is 5.70 Å². The highest BCUT2D eigenvalue weighted by Crippen LogP contribution is 2.19. The average molecular weight is 488 g/mol. The summed E-state index contributed by atoms with van der Waals surface area (Å²) in [6, 6.07) is 5.97. The Balaban J connectivity index is 0. The minimum absolute atomic E-state index is 0.108. The van der Waals surface area contributed by atoms with E-state index in [1.165, 1.54) is 70.6 Å². The first-order valence-electron chi connectivity index (χ1n) is 14.5. The third-order valence-corrected chi connectivity index (χ3v) is 5.80. The van der Waals surface area contributed by atoms with Crippen molar-refractivity contribution in [3.8, 4) is 0 Å². The first-order valence-corrected chi connectivity index (χ1v) is 14.5. The second kappa shape index (κ2) is 25.2. The van der Waals surface area contributed by atoms with Gasteiger partial charge < -0.3 is 5.32 Å². The number of hydrogen-bond acceptors (Lipinski definition) is 3. The molecule has 0 atom stereocenters. The molecule has 0 heterocycles. The molecule has 0 aliphatic heterocycles. The molecule has 1 N–H and O–H groups in total. The van der Waals surface area contributed by atoms with Gasteiger partial charge in [0.1, 0.15) is 11.6 Å². The molecule has 0 spiro atoms. The smallest absolute Gasteiger partial charge is 0.134 e. The van der Waals surface area contributed by atoms with Crippen LogP contribution < -0.4 is 5.32 Å². The molecule has 1 aromatic rings. The van der Waals surface area contributed by atoms with Crippen LogP contribution >= 0.6 is 0 Å². The van der Waals surface area contributed by atoms with Gasteiger partial charge in [0.2, 0.25) is 0 Å². The van der Waals surface area contributed by atoms with Gasteiger partial charge in [0.15, 0.2) is 0 Å². The predicted molar refractivity (Wildman–Crippen MR) is 156 cm³/mol. The largest absolute Gasteiger partial charge is 0.385 e. The summed E-state index contributed by atoms with van der Waals surface area (Å²) in [5, 5.41) is 3.43. The van der Waals surface area contributed by atoms with Crippen LogP contribution in [0.3, 0.4) is 0 Å². The molecule has 35 heavy (non-hydrogen) atoms. The van der Waals surface area contributed by atoms with Crippen LogP contribution in [0.1, 0.15) is 142 Å². The van der Waals surface area contributed by atoms with Crippen molar-refractivity contribution in [3.05, 3.63) is 41.5 Å². The van der Waals surface area contributed by atoms with Gasteiger partial charge in [0.05, 0.1) is 0 Å². The number of benzene rings is 1. The maximum absolute atomic E-state index is 11.6. The number of unbranched alkanes of at least 4 members (excludes halogenated alkanes) is 11. The van der Waals surface area contributed by atoms with Crippen LogP contribution in [0.4, 0.5) is 0 Å². The second-order valence-electron chi connectivity index (χ2n) is 9.04. The minimum Gasteiger partial charge on any atom is -0.385 e. The number of hydrogen-bond donors (Lipinski definition) is 1. The van der Waals surface area contributed by atoms with Gasteiger partial charge in [-0.2, -0.15) is 0 Å². The van der Waals surface area contributed by atoms with Gasteiger partial charge in [-0.25, -0.2) is 0 Å². The summed E-state index contributed by atoms with van der Waals surface area (Å²) in [5.74, 6) is 0.221. The maximum Gasteiger partial charge on any atom is 0.134 e. The zero-order valence-corrected chi connectivity index (χ0v) is 24.4. The molecule has 0 unspecified atom stereocenters. The fraction of sp³-hybridized carbons (Fsp3) is 0.688. The molecule has 0 aliphatic rings. The van der Waals surface area contributed by atoms with E-state index < -0.39 is 0 Å². The van der Waals surface area contributed by atoms with Crippen molar-refractivity contribution in [1.29, 1.82) is 0 Å². The monoisotopic (exact) mass is 487 g/mol. The number of rotatable bonds is 19. The molecule has 1 rings (SSSR count). The lowest BCUT2D eigenvalue weighted by Gasteiger charge is -2.14. The Labute approximate surface area is 218 Å². The summed E-state index contributed by atoms with van der Waals surface area (Å²) in [7, 11) is 0. The Kier molecular flexibility index (Phi) is 25.4. The van der Waals surface area contributed by atoms with Crippen molar-refractivity contribution < 1.29 is 9.59 Å². The van der Waals surface area contributed by atoms with Crippen LogP contribution in [-0.2, 0) is 22.4 Å². The third-order valence-electron chi connectivity index (χ3n) is 5.80. The first-order chi connectivity index (χ1) is 16.9. The number of carbonyl (C=O) groups excluding carboxylic acids is 2. The second-order valence-corrected chi connectivity index (χ2v) is 9.04. The predicted octanol–water partition coefficient (Wildman–Crippen LogP) is 9.26. The van der Waals surface area contributed by atoms with E-state index in [0.29, 0.717) is 12.8 Å². The number of nitrogens with one attached hydrogen (secondary N) is 1. The fourth-order valence-electron chi connectivity index (χ4n) is 3.99. The summed E-state index contributed by atoms with van der Waals surface area (Å²) >= 11 is 0. The van der Waals surface area contributed by atoms with Gasteiger partial charge in [-0.1, -0.05) is 124 Å². The van der Waals surface area contributed by atoms with Crippen molar-refractivity contribution in [1.82, 2.24) is 5.32 Å². The van der Waals surface area contributed by atoms with Gasteiger partial charge >= 0.3 is 0 Å². The van der Waals surface area contributed by atoms with Gasteiger partial charge in [0.25, 0.3) is 0 Å². The van der Waals surface area contributed by atoms with Crippen molar-refractivity contribution >= 4 is 17.3 Å². The number of Topliss-reactive ketones (excluding diaryl/α,β-unsaturated/α-hetero) is 2. The van der Waals surface area contributed by atoms with E-state index >= 15 is 0 Å². The molecule has 0 bridgehead atoms. The topological polar surface area (TPSA) is 46.2 Å². The highest BCUT2D eigenvalue weighted by molar-refractivity contribution is 5.82. The SMILES string of the molecule is C=C(NCCCCCCCCCCCCCC)c1ccc(CC(C)=O)c(CC(C)=O)c1.CC.CC. The van der Waals surface area contributed by atoms with Crippen LogP contribution in [0.2, 0.25) is 0 Å². The molecule has 0 saturated carbocycles. The van der Waals surface area contributed by atoms with Crippen LogP contribution in [0.5, 0.6) is 0 Å². The van der Waals surface area contributed by atoms with Gasteiger partial charge in [0, 0.05) is 25.1 Å². The van der Waals surface area contributed by atoms with Crippen molar-refractivity contribution in [2.24, 2.45) is 0 Å². The Bertz CT molecular complexity index is 678. The lowest BCUT2D eigenvalue weighted by Crippen LogP contribution is -2.14. The highest BCUT2D eigenvalue weighted by atomic mass is 16.1. The van der Waals surface area contributed by atoms with Gasteiger partial charge in [-0.3, -0.25) is 9.59 Å². The Morgan fingerprint density at radius 3 is 1.57 bits per heavy atom. The van der Waals surface area contributed by atoms with E-state index in [2.05, 4.69) is 18.8 Å². The highest BCUT2D eigenvalue weighted by Gasteiger charge is 2.10. The fourth-order valence-corrected chi connectivity index (χ4v) is 3.99. The molecule has 202 valence electrons. The summed E-state index contributed by atoms with van der Waals surface area (Å²) in [5.41, 5.74) is 3.78. The van der Waals surface area contributed by atoms with Crippen molar-refractivity contribution in [2.75, 3.05) is 6.54 Å². The van der Waals surface area contributed by atoms with E-state index in [1.807, 2.05) is 45.9 Å². The summed E-state index contributed by atoms with van der Waals surface area (Å²) in [4.78, 5) is 23.1. The van der Waals surface area contributed by atoms with E-state index in [0.717, 1.165) is 35.4 Å². The Morgan fingerprint density at radius 2 is 1.11 bits per heavy atom. The zero-order chi connectivity index (χ0) is 26.9. The quantitative estimate of drug-likeness (QED) is 0.198. The zero-order valence-electron chi connectivity index (χ0n) is 24.4. The average Bonchev–Trinajstić information content (AvgIpc) is 2.85. The summed E-state index contributed by atoms with van der Waals surface area (Å²) in [6.07, 6.45) is 16.9. The maximum atomic E-state index is 11.6. The molecule has 0 fully saturated rings. The lowest BCUT2D eigenvalue weighted by atomic mass is 9.95. The Morgan fingerprint density at radius 1 is 0.686 bits per heavy atom. The molecule has 3 heteroatoms. The van der Waals surface area contributed by atoms with Crippen LogP contribution in [-0.4, -0.2) is 18.1 Å². The molecule has 0 aromatic heterocycles. The minimum atomic E-state index is 0.108. The molecular formula is C32H57NO2. The summed E-state index contributed by atoms with van der Waals surface area (Å²) < 4.78 is 0. The van der Waals surface area contributed by atoms with E-state index in [9.17, 15) is 9.59 Å². The molecule has 0 amide bonds. The molecule has 0 radical (unpaired) electrons. The number of ketones is 2. The van der Waals surface area contributed by atoms with E-state index in [4.69, 9.17) is 0 Å². The standard InChI is InChI=1S/C28H45NO2.2C2H6/c1-5-6-7-8-9-10-11-12-13-14-15-16-19-29-25(4)26-17-18-27(20-23(2)30)28(22-26)21-24(3)31;2*1-2/h17-18,22,29H,4-16,19-21H2,1-3H3;2*1-2H3. The molecule has 0 aliphatic carbocycles. The van der Waals surface area contributed by atoms with Crippen LogP contribution in [0, 0.1) is 0 Å². The van der Waals surface area contributed by atoms with E-state index in [-0.39, 0.29) is 11.6 Å². The first kappa shape index (κ1) is 35.3. The van der Waals surface area contributed by atoms with Gasteiger partial charge in [-0.15, -0.1) is 0 Å². The Hall–Kier alpha value is -1.90. The van der Waals surface area contributed by atoms with Crippen LogP contribution in [0.15, 0.2) is 24.8 Å². The molecule has 3 nitrogen and oxygen atoms in total. The molecular weight excluding hydrogens is 430 g/mol. The van der Waals surface area contributed by atoms with Gasteiger partial charge in [-0.05, 0) is 43.0 Å². The third kappa shape index (κ3) is 20.0. The molecule has 0 saturated heterocycles. The molecule has 1 aromatic carbocycles. The number of carbonyl (C=O) groups is 2. The van der Waals surface area contributed by atoms with E-state index in [1.54, 1.807) is 13.8 Å². The lowest BCUT2D eigenvalue weighted by molar-refractivity contribution is -0.117. The normalized spacial score (nSPS) is 9.91. The summed E-state index contributed by atoms with van der Waals surface area (Å²) in [6.45, 7) is 18.5. The van der Waals surface area contributed by atoms with Crippen molar-refractivity contribution in [2.45, 2.75) is 138 Å².